The molecule has 0 unspecified atom stereocenters. The number of halogens is 1. The number of rotatable bonds is 7. The molecule has 180 valence electrons. The first-order valence-electron chi connectivity index (χ1n) is 11.1. The minimum Gasteiger partial charge on any atom is -0.460 e. The van der Waals surface area contributed by atoms with E-state index in [0.29, 0.717) is 21.9 Å². The second-order valence-electron chi connectivity index (χ2n) is 8.00. The van der Waals surface area contributed by atoms with Gasteiger partial charge in [-0.05, 0) is 42.8 Å². The Balaban J connectivity index is 1.21. The number of carbonyl (C=O) groups is 3. The van der Waals surface area contributed by atoms with Crippen molar-refractivity contribution in [1.29, 1.82) is 0 Å². The molecule has 3 aromatic carbocycles. The summed E-state index contributed by atoms with van der Waals surface area (Å²) >= 11 is 6.08. The average Bonchev–Trinajstić information content (AvgIpc) is 3.12. The van der Waals surface area contributed by atoms with Crippen LogP contribution in [0.15, 0.2) is 82.2 Å². The first-order valence-corrected chi connectivity index (χ1v) is 11.4. The Labute approximate surface area is 209 Å². The lowest BCUT2D eigenvalue weighted by Gasteiger charge is -2.13. The van der Waals surface area contributed by atoms with E-state index in [4.69, 9.17) is 25.5 Å². The summed E-state index contributed by atoms with van der Waals surface area (Å²) in [4.78, 5) is 51.1. The highest BCUT2D eigenvalue weighted by Crippen LogP contribution is 2.29. The fraction of sp³-hybridized carbons (Fsp3) is 0.111. The molecule has 1 aromatic heterocycles. The van der Waals surface area contributed by atoms with Gasteiger partial charge in [0.15, 0.2) is 0 Å². The highest BCUT2D eigenvalue weighted by atomic mass is 35.5. The highest BCUT2D eigenvalue weighted by molar-refractivity contribution is 6.32. The van der Waals surface area contributed by atoms with Crippen molar-refractivity contribution in [3.8, 4) is 17.2 Å². The minimum atomic E-state index is -0.549. The molecule has 0 saturated heterocycles. The Morgan fingerprint density at radius 3 is 2.31 bits per heavy atom. The van der Waals surface area contributed by atoms with Crippen molar-refractivity contribution in [3.05, 3.63) is 99.4 Å². The number of hydrogen-bond acceptors (Lipinski definition) is 7. The number of para-hydroxylation sites is 1. The third-order valence-corrected chi connectivity index (χ3v) is 5.96. The monoisotopic (exact) mass is 503 g/mol. The molecule has 9 heteroatoms. The van der Waals surface area contributed by atoms with Crippen LogP contribution in [0, 0.1) is 0 Å². The third-order valence-electron chi connectivity index (χ3n) is 5.64. The maximum absolute atomic E-state index is 12.8. The Morgan fingerprint density at radius 2 is 1.58 bits per heavy atom. The number of imide groups is 1. The average molecular weight is 504 g/mol. The van der Waals surface area contributed by atoms with Crippen LogP contribution in [0.25, 0.3) is 11.0 Å². The fourth-order valence-corrected chi connectivity index (χ4v) is 4.05. The molecule has 0 spiro atoms. The number of ether oxygens (including phenoxy) is 2. The van der Waals surface area contributed by atoms with Crippen molar-refractivity contribution in [2.45, 2.75) is 12.8 Å². The van der Waals surface area contributed by atoms with Gasteiger partial charge in [0.2, 0.25) is 11.2 Å². The topological polar surface area (TPSA) is 103 Å². The molecule has 1 aliphatic rings. The quantitative estimate of drug-likeness (QED) is 0.193. The Kier molecular flexibility index (Phi) is 6.26. The van der Waals surface area contributed by atoms with Crippen molar-refractivity contribution in [1.82, 2.24) is 4.90 Å². The second-order valence-corrected chi connectivity index (χ2v) is 8.41. The van der Waals surface area contributed by atoms with Gasteiger partial charge in [0.1, 0.15) is 23.3 Å². The minimum absolute atomic E-state index is 0.0139. The van der Waals surface area contributed by atoms with Crippen LogP contribution in [0.4, 0.5) is 0 Å². The van der Waals surface area contributed by atoms with Gasteiger partial charge in [-0.15, -0.1) is 0 Å². The van der Waals surface area contributed by atoms with Crippen LogP contribution in [-0.4, -0.2) is 29.2 Å². The molecule has 0 aliphatic carbocycles. The second kappa shape index (κ2) is 9.67. The molecular weight excluding hydrogens is 486 g/mol. The molecule has 4 aromatic rings. The van der Waals surface area contributed by atoms with Crippen molar-refractivity contribution in [2.24, 2.45) is 0 Å². The molecule has 0 bridgehead atoms. The van der Waals surface area contributed by atoms with Gasteiger partial charge in [0.05, 0.1) is 21.5 Å². The lowest BCUT2D eigenvalue weighted by atomic mass is 10.1. The van der Waals surface area contributed by atoms with E-state index in [9.17, 15) is 19.2 Å². The molecule has 1 aliphatic heterocycles. The predicted octanol–water partition coefficient (Wildman–Crippen LogP) is 5.22. The van der Waals surface area contributed by atoms with E-state index in [1.807, 2.05) is 0 Å². The first kappa shape index (κ1) is 23.3. The molecule has 2 heterocycles. The normalized spacial score (nSPS) is 12.6. The van der Waals surface area contributed by atoms with Gasteiger partial charge >= 0.3 is 5.97 Å². The highest BCUT2D eigenvalue weighted by Gasteiger charge is 2.34. The van der Waals surface area contributed by atoms with Gasteiger partial charge in [-0.3, -0.25) is 24.1 Å². The Bertz CT molecular complexity index is 1540. The van der Waals surface area contributed by atoms with E-state index in [0.717, 1.165) is 4.90 Å². The van der Waals surface area contributed by atoms with E-state index >= 15 is 0 Å². The SMILES string of the molecule is O=C(CCCN1C(=O)c2ccccc2C1=O)Oc1ccc2c(=O)c(Oc3ccccc3Cl)coc2c1. The van der Waals surface area contributed by atoms with Gasteiger partial charge in [-0.25, -0.2) is 0 Å². The van der Waals surface area contributed by atoms with E-state index in [2.05, 4.69) is 0 Å². The summed E-state index contributed by atoms with van der Waals surface area (Å²) in [6, 6.07) is 17.7. The maximum atomic E-state index is 12.8. The number of benzene rings is 3. The summed E-state index contributed by atoms with van der Waals surface area (Å²) in [5.41, 5.74) is 0.532. The summed E-state index contributed by atoms with van der Waals surface area (Å²) in [6.07, 6.45) is 1.40. The van der Waals surface area contributed by atoms with E-state index < -0.39 is 11.4 Å². The van der Waals surface area contributed by atoms with Gasteiger partial charge in [0.25, 0.3) is 11.8 Å². The van der Waals surface area contributed by atoms with Gasteiger partial charge in [-0.1, -0.05) is 35.9 Å². The molecule has 8 nitrogen and oxygen atoms in total. The Morgan fingerprint density at radius 1 is 0.889 bits per heavy atom. The number of fused-ring (bicyclic) bond motifs is 2. The molecule has 2 amide bonds. The predicted molar refractivity (Wildman–Crippen MR) is 131 cm³/mol. The first-order chi connectivity index (χ1) is 17.4. The molecule has 0 fully saturated rings. The number of hydrogen-bond donors (Lipinski definition) is 0. The largest absolute Gasteiger partial charge is 0.460 e. The van der Waals surface area contributed by atoms with Crippen molar-refractivity contribution in [3.63, 3.8) is 0 Å². The van der Waals surface area contributed by atoms with Gasteiger partial charge < -0.3 is 13.9 Å². The molecular formula is C27H18ClNO7. The Hall–Kier alpha value is -4.43. The lowest BCUT2D eigenvalue weighted by Crippen LogP contribution is -2.31. The molecule has 0 radical (unpaired) electrons. The molecule has 36 heavy (non-hydrogen) atoms. The van der Waals surface area contributed by atoms with Crippen LogP contribution in [0.1, 0.15) is 33.6 Å². The zero-order chi connectivity index (χ0) is 25.2. The van der Waals surface area contributed by atoms with Crippen molar-refractivity contribution in [2.75, 3.05) is 6.54 Å². The smallest absolute Gasteiger partial charge is 0.311 e. The van der Waals surface area contributed by atoms with E-state index in [1.54, 1.807) is 48.5 Å². The number of carbonyl (C=O) groups excluding carboxylic acids is 3. The number of nitrogens with zero attached hydrogens (tertiary/aromatic N) is 1. The summed E-state index contributed by atoms with van der Waals surface area (Å²) in [5.74, 6) is -0.813. The number of amides is 2. The molecule has 5 rings (SSSR count). The standard InChI is InChI=1S/C27H18ClNO7/c28-20-8-3-4-9-21(20)36-23-15-34-22-14-16(11-12-19(22)25(23)31)35-24(30)10-5-13-29-26(32)17-6-1-2-7-18(17)27(29)33/h1-4,6-9,11-12,14-15H,5,10,13H2. The van der Waals surface area contributed by atoms with Crippen LogP contribution >= 0.6 is 11.6 Å². The van der Waals surface area contributed by atoms with Crippen LogP contribution in [0.5, 0.6) is 17.2 Å². The fourth-order valence-electron chi connectivity index (χ4n) is 3.88. The third kappa shape index (κ3) is 4.46. The van der Waals surface area contributed by atoms with Gasteiger partial charge in [0, 0.05) is 19.0 Å². The number of esters is 1. The van der Waals surface area contributed by atoms with Crippen LogP contribution < -0.4 is 14.9 Å². The van der Waals surface area contributed by atoms with E-state index in [1.165, 1.54) is 24.5 Å². The van der Waals surface area contributed by atoms with E-state index in [-0.39, 0.29) is 53.7 Å². The zero-order valence-corrected chi connectivity index (χ0v) is 19.5. The van der Waals surface area contributed by atoms with Crippen LogP contribution in [0.3, 0.4) is 0 Å². The summed E-state index contributed by atoms with van der Waals surface area (Å²) in [7, 11) is 0. The molecule has 0 N–H and O–H groups in total. The molecule has 0 saturated carbocycles. The van der Waals surface area contributed by atoms with Crippen LogP contribution in [-0.2, 0) is 4.79 Å². The summed E-state index contributed by atoms with van der Waals surface area (Å²) in [5, 5.41) is 0.590. The zero-order valence-electron chi connectivity index (χ0n) is 18.7. The maximum Gasteiger partial charge on any atom is 0.311 e. The van der Waals surface area contributed by atoms with Crippen LogP contribution in [0.2, 0.25) is 5.02 Å². The summed E-state index contributed by atoms with van der Waals surface area (Å²) < 4.78 is 16.5. The molecule has 0 atom stereocenters. The van der Waals surface area contributed by atoms with Gasteiger partial charge in [-0.2, -0.15) is 0 Å². The van der Waals surface area contributed by atoms with Crippen molar-refractivity contribution >= 4 is 40.4 Å². The van der Waals surface area contributed by atoms with Crippen molar-refractivity contribution < 1.29 is 28.3 Å². The summed E-state index contributed by atoms with van der Waals surface area (Å²) in [6.45, 7) is 0.0995. The lowest BCUT2D eigenvalue weighted by molar-refractivity contribution is -0.134.